The quantitative estimate of drug-likeness (QED) is 0.718. The minimum Gasteiger partial charge on any atom is -0.260 e. The van der Waals surface area contributed by atoms with Crippen molar-refractivity contribution < 1.29 is 13.2 Å². The first-order chi connectivity index (χ1) is 9.95. The molecule has 0 amide bonds. The third-order valence-electron chi connectivity index (χ3n) is 3.69. The summed E-state index contributed by atoms with van der Waals surface area (Å²) in [6, 6.07) is 5.74. The summed E-state index contributed by atoms with van der Waals surface area (Å²) in [4.78, 5) is 8.43. The maximum absolute atomic E-state index is 12.9. The molecule has 0 saturated carbocycles. The molecular weight excluding hydrogens is 301 g/mol. The molecule has 21 heavy (non-hydrogen) atoms. The van der Waals surface area contributed by atoms with Crippen molar-refractivity contribution in [1.82, 2.24) is 9.97 Å². The Morgan fingerprint density at radius 2 is 2.05 bits per heavy atom. The fraction of sp³-hybridized carbons (Fsp3) is 0.333. The van der Waals surface area contributed by atoms with E-state index in [4.69, 9.17) is 11.6 Å². The molecule has 1 unspecified atom stereocenters. The van der Waals surface area contributed by atoms with E-state index in [0.29, 0.717) is 5.69 Å². The van der Waals surface area contributed by atoms with Gasteiger partial charge in [0.25, 0.3) is 0 Å². The Hall–Kier alpha value is -1.62. The van der Waals surface area contributed by atoms with Crippen LogP contribution < -0.4 is 0 Å². The van der Waals surface area contributed by atoms with Crippen molar-refractivity contribution in [3.05, 3.63) is 58.1 Å². The maximum Gasteiger partial charge on any atom is 0.416 e. The molecule has 1 atom stereocenters. The summed E-state index contributed by atoms with van der Waals surface area (Å²) in [5.41, 5.74) is 1.46. The van der Waals surface area contributed by atoms with Gasteiger partial charge in [0.15, 0.2) is 0 Å². The number of fused-ring (bicyclic) bond motifs is 1. The fourth-order valence-corrected chi connectivity index (χ4v) is 2.97. The number of nitrogens with zero attached hydrogens (tertiary/aromatic N) is 2. The Labute approximate surface area is 125 Å². The molecule has 0 fully saturated rings. The maximum atomic E-state index is 12.9. The van der Waals surface area contributed by atoms with Crippen molar-refractivity contribution in [3.8, 4) is 0 Å². The van der Waals surface area contributed by atoms with E-state index >= 15 is 0 Å². The van der Waals surface area contributed by atoms with Crippen molar-refractivity contribution in [3.63, 3.8) is 0 Å². The zero-order valence-electron chi connectivity index (χ0n) is 11.0. The molecule has 110 valence electrons. The third-order valence-corrected chi connectivity index (χ3v) is 3.89. The lowest BCUT2D eigenvalue weighted by Gasteiger charge is -2.24. The minimum atomic E-state index is -4.43. The topological polar surface area (TPSA) is 25.8 Å². The van der Waals surface area contributed by atoms with Crippen LogP contribution in [0, 0.1) is 0 Å². The van der Waals surface area contributed by atoms with Gasteiger partial charge in [0.05, 0.1) is 17.0 Å². The molecule has 0 bridgehead atoms. The molecule has 6 heteroatoms. The molecule has 3 rings (SSSR count). The van der Waals surface area contributed by atoms with Gasteiger partial charge in [-0.3, -0.25) is 4.98 Å². The number of aryl methyl sites for hydroxylation is 1. The van der Waals surface area contributed by atoms with Gasteiger partial charge in [0.1, 0.15) is 5.15 Å². The van der Waals surface area contributed by atoms with Gasteiger partial charge in [-0.05, 0) is 43.0 Å². The van der Waals surface area contributed by atoms with Crippen molar-refractivity contribution in [1.29, 1.82) is 0 Å². The average Bonchev–Trinajstić information content (AvgIpc) is 2.45. The average molecular weight is 313 g/mol. The number of halogens is 4. The van der Waals surface area contributed by atoms with E-state index in [9.17, 15) is 13.2 Å². The zero-order valence-corrected chi connectivity index (χ0v) is 11.7. The SMILES string of the molecule is FC(F)(F)c1cc(Cl)nc(C2CCCc3cccnc32)c1. The molecule has 0 N–H and O–H groups in total. The molecule has 1 aliphatic rings. The number of pyridine rings is 2. The second kappa shape index (κ2) is 5.30. The van der Waals surface area contributed by atoms with Crippen molar-refractivity contribution in [2.75, 3.05) is 0 Å². The van der Waals surface area contributed by atoms with Crippen LogP contribution in [0.15, 0.2) is 30.5 Å². The highest BCUT2D eigenvalue weighted by atomic mass is 35.5. The van der Waals surface area contributed by atoms with Gasteiger partial charge in [-0.25, -0.2) is 4.98 Å². The van der Waals surface area contributed by atoms with Crippen LogP contribution in [0.25, 0.3) is 0 Å². The van der Waals surface area contributed by atoms with Crippen molar-refractivity contribution >= 4 is 11.6 Å². The zero-order chi connectivity index (χ0) is 15.0. The van der Waals surface area contributed by atoms with Crippen LogP contribution in [0.5, 0.6) is 0 Å². The first-order valence-corrected chi connectivity index (χ1v) is 7.01. The van der Waals surface area contributed by atoms with Crippen LogP contribution in [0.3, 0.4) is 0 Å². The fourth-order valence-electron chi connectivity index (χ4n) is 2.76. The summed E-state index contributed by atoms with van der Waals surface area (Å²) >= 11 is 5.77. The highest BCUT2D eigenvalue weighted by Crippen LogP contribution is 2.38. The summed E-state index contributed by atoms with van der Waals surface area (Å²) in [7, 11) is 0. The molecule has 2 nitrogen and oxygen atoms in total. The molecule has 0 aromatic carbocycles. The van der Waals surface area contributed by atoms with Gasteiger partial charge < -0.3 is 0 Å². The smallest absolute Gasteiger partial charge is 0.260 e. The van der Waals surface area contributed by atoms with Crippen LogP contribution >= 0.6 is 11.6 Å². The normalized spacial score (nSPS) is 18.4. The van der Waals surface area contributed by atoms with Crippen LogP contribution in [0.4, 0.5) is 13.2 Å². The van der Waals surface area contributed by atoms with E-state index in [-0.39, 0.29) is 11.1 Å². The number of rotatable bonds is 1. The predicted octanol–water partition coefficient (Wildman–Crippen LogP) is 4.62. The Morgan fingerprint density at radius 1 is 1.24 bits per heavy atom. The molecule has 0 radical (unpaired) electrons. The van der Waals surface area contributed by atoms with Crippen molar-refractivity contribution in [2.24, 2.45) is 0 Å². The summed E-state index contributed by atoms with van der Waals surface area (Å²) in [6.45, 7) is 0. The van der Waals surface area contributed by atoms with E-state index in [1.54, 1.807) is 6.20 Å². The summed E-state index contributed by atoms with van der Waals surface area (Å²) in [6.07, 6.45) is -0.241. The lowest BCUT2D eigenvalue weighted by Crippen LogP contribution is -2.15. The van der Waals surface area contributed by atoms with E-state index in [0.717, 1.165) is 42.7 Å². The molecule has 1 aliphatic carbocycles. The van der Waals surface area contributed by atoms with Gasteiger partial charge >= 0.3 is 6.18 Å². The van der Waals surface area contributed by atoms with Gasteiger partial charge in [-0.15, -0.1) is 0 Å². The minimum absolute atomic E-state index is 0.136. The lowest BCUT2D eigenvalue weighted by atomic mass is 9.84. The van der Waals surface area contributed by atoms with Crippen LogP contribution in [-0.4, -0.2) is 9.97 Å². The summed E-state index contributed by atoms with van der Waals surface area (Å²) in [5.74, 6) is -0.227. The largest absolute Gasteiger partial charge is 0.416 e. The predicted molar refractivity (Wildman–Crippen MR) is 73.3 cm³/mol. The summed E-state index contributed by atoms with van der Waals surface area (Å²) in [5, 5.41) is -0.136. The first kappa shape index (κ1) is 14.3. The first-order valence-electron chi connectivity index (χ1n) is 6.63. The van der Waals surface area contributed by atoms with Gasteiger partial charge in [-0.1, -0.05) is 17.7 Å². The highest BCUT2D eigenvalue weighted by Gasteiger charge is 2.33. The number of hydrogen-bond donors (Lipinski definition) is 0. The number of hydrogen-bond acceptors (Lipinski definition) is 2. The monoisotopic (exact) mass is 312 g/mol. The van der Waals surface area contributed by atoms with E-state index < -0.39 is 11.7 Å². The Kier molecular flexibility index (Phi) is 3.61. The summed E-state index contributed by atoms with van der Waals surface area (Å²) < 4.78 is 38.7. The van der Waals surface area contributed by atoms with Crippen LogP contribution in [0.2, 0.25) is 5.15 Å². The molecular formula is C15H12ClF3N2. The highest BCUT2D eigenvalue weighted by molar-refractivity contribution is 6.29. The van der Waals surface area contributed by atoms with Gasteiger partial charge in [0.2, 0.25) is 0 Å². The van der Waals surface area contributed by atoms with E-state index in [1.165, 1.54) is 0 Å². The van der Waals surface area contributed by atoms with Gasteiger partial charge in [-0.2, -0.15) is 13.2 Å². The molecule has 0 spiro atoms. The van der Waals surface area contributed by atoms with Crippen LogP contribution in [-0.2, 0) is 12.6 Å². The Morgan fingerprint density at radius 3 is 2.81 bits per heavy atom. The van der Waals surface area contributed by atoms with Crippen LogP contribution in [0.1, 0.15) is 41.3 Å². The molecule has 2 heterocycles. The van der Waals surface area contributed by atoms with Gasteiger partial charge in [0, 0.05) is 12.1 Å². The van der Waals surface area contributed by atoms with Crippen molar-refractivity contribution in [2.45, 2.75) is 31.4 Å². The third kappa shape index (κ3) is 2.88. The second-order valence-corrected chi connectivity index (χ2v) is 5.48. The molecule has 2 aromatic heterocycles. The van der Waals surface area contributed by atoms with E-state index in [2.05, 4.69) is 9.97 Å². The number of aromatic nitrogens is 2. The standard InChI is InChI=1S/C15H12ClF3N2/c16-13-8-10(15(17,18)19)7-12(21-13)11-5-1-3-9-4-2-6-20-14(9)11/h2,4,6-8,11H,1,3,5H2. The Bertz CT molecular complexity index is 670. The molecule has 0 saturated heterocycles. The lowest BCUT2D eigenvalue weighted by molar-refractivity contribution is -0.137. The number of alkyl halides is 3. The molecule has 2 aromatic rings. The molecule has 0 aliphatic heterocycles. The van der Waals surface area contributed by atoms with E-state index in [1.807, 2.05) is 12.1 Å². The second-order valence-electron chi connectivity index (χ2n) is 5.09. The Balaban J connectivity index is 2.08.